The monoisotopic (exact) mass is 399 g/mol. The van der Waals surface area contributed by atoms with Crippen molar-refractivity contribution in [2.45, 2.75) is 32.7 Å². The van der Waals surface area contributed by atoms with Gasteiger partial charge in [0.2, 0.25) is 5.91 Å². The van der Waals surface area contributed by atoms with Gasteiger partial charge in [-0.1, -0.05) is 0 Å². The molecule has 9 nitrogen and oxygen atoms in total. The first-order valence-corrected chi connectivity index (χ1v) is 9.40. The molecule has 1 unspecified atom stereocenters. The van der Waals surface area contributed by atoms with Crippen LogP contribution < -0.4 is 27.2 Å². The van der Waals surface area contributed by atoms with E-state index in [1.54, 1.807) is 17.9 Å². The van der Waals surface area contributed by atoms with Gasteiger partial charge in [0, 0.05) is 38.4 Å². The highest BCUT2D eigenvalue weighted by atomic mass is 16.2. The number of nitrogen functional groups attached to an aromatic ring is 1. The average Bonchev–Trinajstić information content (AvgIpc) is 3.10. The number of nitrogens with one attached hydrogen (secondary N) is 1. The zero-order chi connectivity index (χ0) is 21.5. The van der Waals surface area contributed by atoms with Crippen LogP contribution in [0.25, 0.3) is 0 Å². The largest absolute Gasteiger partial charge is 0.384 e. The molecule has 1 amide bonds. The molecule has 1 aliphatic heterocycles. The molecule has 0 radical (unpaired) electrons. The number of carbonyl (C=O) groups excluding carboxylic acids is 2. The Balaban J connectivity index is 1.86. The summed E-state index contributed by atoms with van der Waals surface area (Å²) < 4.78 is 1.94. The summed E-state index contributed by atoms with van der Waals surface area (Å²) in [5.74, 6) is -0.552. The molecule has 29 heavy (non-hydrogen) atoms. The molecule has 0 aliphatic carbocycles. The van der Waals surface area contributed by atoms with Crippen molar-refractivity contribution in [3.8, 4) is 0 Å². The summed E-state index contributed by atoms with van der Waals surface area (Å²) in [7, 11) is 2.72. The van der Waals surface area contributed by atoms with Crippen LogP contribution >= 0.6 is 0 Å². The number of hydrogen-bond donors (Lipinski definition) is 2. The first-order chi connectivity index (χ1) is 13.6. The second kappa shape index (κ2) is 7.57. The first-order valence-electron chi connectivity index (χ1n) is 9.40. The third-order valence-electron chi connectivity index (χ3n) is 5.29. The summed E-state index contributed by atoms with van der Waals surface area (Å²) in [6, 6.07) is 4.74. The number of nitrogens with two attached hydrogens (primary N) is 1. The maximum Gasteiger partial charge on any atom is 0.332 e. The van der Waals surface area contributed by atoms with Crippen LogP contribution in [0.3, 0.4) is 0 Å². The second-order valence-electron chi connectivity index (χ2n) is 7.35. The SMILES string of the molecule is Cc1cc(NC(C)C(=O)c2c(N)n(C)c(=O)n(C)c2=O)ccc1N1CCCC1=O. The average molecular weight is 399 g/mol. The molecule has 0 spiro atoms. The lowest BCUT2D eigenvalue weighted by atomic mass is 10.1. The number of amides is 1. The van der Waals surface area contributed by atoms with Gasteiger partial charge in [-0.05, 0) is 44.0 Å². The van der Waals surface area contributed by atoms with Crippen LogP contribution in [0.2, 0.25) is 0 Å². The van der Waals surface area contributed by atoms with E-state index in [0.717, 1.165) is 26.8 Å². The van der Waals surface area contributed by atoms with Gasteiger partial charge in [-0.2, -0.15) is 0 Å². The minimum absolute atomic E-state index is 0.110. The van der Waals surface area contributed by atoms with Crippen LogP contribution in [0.4, 0.5) is 17.2 Å². The lowest BCUT2D eigenvalue weighted by Gasteiger charge is -2.21. The fourth-order valence-corrected chi connectivity index (χ4v) is 3.57. The fraction of sp³-hybridized carbons (Fsp3) is 0.400. The first kappa shape index (κ1) is 20.4. The van der Waals surface area contributed by atoms with Gasteiger partial charge >= 0.3 is 5.69 Å². The molecule has 2 heterocycles. The number of ketones is 1. The molecule has 3 rings (SSSR count). The Morgan fingerprint density at radius 3 is 2.45 bits per heavy atom. The Morgan fingerprint density at radius 1 is 1.17 bits per heavy atom. The number of benzene rings is 1. The molecule has 2 aromatic rings. The molecule has 3 N–H and O–H groups in total. The van der Waals surface area contributed by atoms with Gasteiger partial charge in [0.15, 0.2) is 5.78 Å². The summed E-state index contributed by atoms with van der Waals surface area (Å²) in [5.41, 5.74) is 6.79. The predicted octanol–water partition coefficient (Wildman–Crippen LogP) is 0.785. The van der Waals surface area contributed by atoms with Gasteiger partial charge in [-0.3, -0.25) is 23.5 Å². The van der Waals surface area contributed by atoms with Crippen molar-refractivity contribution in [3.05, 3.63) is 50.2 Å². The molecule has 1 atom stereocenters. The number of rotatable bonds is 5. The standard InChI is InChI=1S/C20H25N5O4/c1-11-10-13(7-8-14(11)25-9-5-6-15(25)26)22-12(2)17(27)16-18(21)23(3)20(29)24(4)19(16)28/h7-8,10,12,22H,5-6,9,21H2,1-4H3. The Morgan fingerprint density at radius 2 is 1.86 bits per heavy atom. The van der Waals surface area contributed by atoms with E-state index in [4.69, 9.17) is 5.73 Å². The number of nitrogens with zero attached hydrogens (tertiary/aromatic N) is 3. The molecule has 0 bridgehead atoms. The molecule has 154 valence electrons. The number of hydrogen-bond acceptors (Lipinski definition) is 6. The lowest BCUT2D eigenvalue weighted by molar-refractivity contribution is -0.117. The van der Waals surface area contributed by atoms with Crippen molar-refractivity contribution >= 4 is 28.9 Å². The van der Waals surface area contributed by atoms with Crippen molar-refractivity contribution in [1.29, 1.82) is 0 Å². The summed E-state index contributed by atoms with van der Waals surface area (Å²) in [5, 5.41) is 3.07. The second-order valence-corrected chi connectivity index (χ2v) is 7.35. The number of carbonyl (C=O) groups is 2. The molecular weight excluding hydrogens is 374 g/mol. The quantitative estimate of drug-likeness (QED) is 0.717. The van der Waals surface area contributed by atoms with Crippen LogP contribution in [0, 0.1) is 6.92 Å². The maximum atomic E-state index is 12.9. The van der Waals surface area contributed by atoms with E-state index in [1.807, 2.05) is 19.1 Å². The number of anilines is 3. The molecule has 1 aromatic carbocycles. The molecular formula is C20H25N5O4. The lowest BCUT2D eigenvalue weighted by Crippen LogP contribution is -2.43. The smallest absolute Gasteiger partial charge is 0.332 e. The topological polar surface area (TPSA) is 119 Å². The maximum absolute atomic E-state index is 12.9. The van der Waals surface area contributed by atoms with E-state index < -0.39 is 23.1 Å². The molecule has 0 saturated carbocycles. The molecule has 1 saturated heterocycles. The van der Waals surface area contributed by atoms with E-state index in [-0.39, 0.29) is 17.3 Å². The summed E-state index contributed by atoms with van der Waals surface area (Å²) in [6.07, 6.45) is 1.40. The van der Waals surface area contributed by atoms with Crippen molar-refractivity contribution in [3.63, 3.8) is 0 Å². The predicted molar refractivity (Wildman–Crippen MR) is 112 cm³/mol. The van der Waals surface area contributed by atoms with Crippen molar-refractivity contribution in [1.82, 2.24) is 9.13 Å². The molecule has 1 aromatic heterocycles. The Kier molecular flexibility index (Phi) is 5.32. The summed E-state index contributed by atoms with van der Waals surface area (Å²) >= 11 is 0. The fourth-order valence-electron chi connectivity index (χ4n) is 3.57. The van der Waals surface area contributed by atoms with E-state index in [0.29, 0.717) is 18.7 Å². The zero-order valence-corrected chi connectivity index (χ0v) is 17.0. The van der Waals surface area contributed by atoms with Gasteiger partial charge in [-0.15, -0.1) is 0 Å². The van der Waals surface area contributed by atoms with E-state index in [2.05, 4.69) is 5.32 Å². The van der Waals surface area contributed by atoms with Gasteiger partial charge < -0.3 is 16.0 Å². The van der Waals surface area contributed by atoms with Crippen LogP contribution in [0.1, 0.15) is 35.7 Å². The minimum Gasteiger partial charge on any atom is -0.384 e. The van der Waals surface area contributed by atoms with Crippen molar-refractivity contribution < 1.29 is 9.59 Å². The van der Waals surface area contributed by atoms with Crippen LogP contribution in [0.15, 0.2) is 27.8 Å². The zero-order valence-electron chi connectivity index (χ0n) is 17.0. The third-order valence-corrected chi connectivity index (χ3v) is 5.29. The minimum atomic E-state index is -0.749. The van der Waals surface area contributed by atoms with Crippen LogP contribution in [-0.2, 0) is 18.9 Å². The number of Topliss-reactive ketones (excluding diaryl/α,β-unsaturated/α-hetero) is 1. The summed E-state index contributed by atoms with van der Waals surface area (Å²) in [4.78, 5) is 51.0. The molecule has 1 aliphatic rings. The highest BCUT2D eigenvalue weighted by Gasteiger charge is 2.26. The van der Waals surface area contributed by atoms with Crippen LogP contribution in [0.5, 0.6) is 0 Å². The van der Waals surface area contributed by atoms with E-state index in [1.165, 1.54) is 14.1 Å². The van der Waals surface area contributed by atoms with Gasteiger partial charge in [0.25, 0.3) is 5.56 Å². The Hall–Kier alpha value is -3.36. The third kappa shape index (κ3) is 3.55. The Bertz CT molecular complexity index is 1120. The number of aryl methyl sites for hydroxylation is 1. The Labute approximate surface area is 167 Å². The van der Waals surface area contributed by atoms with Crippen molar-refractivity contribution in [2.75, 3.05) is 22.5 Å². The van der Waals surface area contributed by atoms with Crippen LogP contribution in [-0.4, -0.2) is 33.4 Å². The highest BCUT2D eigenvalue weighted by Crippen LogP contribution is 2.27. The van der Waals surface area contributed by atoms with E-state index >= 15 is 0 Å². The van der Waals surface area contributed by atoms with Gasteiger partial charge in [-0.25, -0.2) is 4.79 Å². The number of aromatic nitrogens is 2. The van der Waals surface area contributed by atoms with E-state index in [9.17, 15) is 19.2 Å². The molecule has 1 fully saturated rings. The molecule has 9 heteroatoms. The van der Waals surface area contributed by atoms with Crippen molar-refractivity contribution in [2.24, 2.45) is 14.1 Å². The normalized spacial score (nSPS) is 14.9. The summed E-state index contributed by atoms with van der Waals surface area (Å²) in [6.45, 7) is 4.23. The van der Waals surface area contributed by atoms with Gasteiger partial charge in [0.05, 0.1) is 6.04 Å². The van der Waals surface area contributed by atoms with Gasteiger partial charge in [0.1, 0.15) is 11.4 Å². The highest BCUT2D eigenvalue weighted by molar-refractivity contribution is 6.04.